The highest BCUT2D eigenvalue weighted by atomic mass is 35.5. The van der Waals surface area contributed by atoms with Crippen molar-refractivity contribution in [2.24, 2.45) is 11.8 Å². The van der Waals surface area contributed by atoms with Crippen LogP contribution in [0.4, 0.5) is 0 Å². The van der Waals surface area contributed by atoms with Crippen LogP contribution in [0, 0.1) is 11.8 Å². The van der Waals surface area contributed by atoms with E-state index in [1.165, 1.54) is 0 Å². The molecule has 12 heteroatoms. The highest BCUT2D eigenvalue weighted by molar-refractivity contribution is 6.63. The van der Waals surface area contributed by atoms with E-state index in [0.29, 0.717) is 50.9 Å². The van der Waals surface area contributed by atoms with Gasteiger partial charge in [-0.25, -0.2) is 0 Å². The normalized spacial score (nSPS) is 34.8. The molecule has 0 spiro atoms. The Hall–Kier alpha value is -1.14. The number of ether oxygens (including phenoxy) is 4. The van der Waals surface area contributed by atoms with Gasteiger partial charge in [-0.05, 0) is 135 Å². The number of unbranched alkanes of at least 4 members (excludes halogenated alkanes) is 2. The number of rotatable bonds is 12. The number of halogens is 2. The second kappa shape index (κ2) is 17.0. The highest BCUT2D eigenvalue weighted by Crippen LogP contribution is 2.52. The molecule has 2 saturated carbocycles. The van der Waals surface area contributed by atoms with Crippen molar-refractivity contribution in [2.45, 2.75) is 172 Å². The molecule has 6 fully saturated rings. The van der Waals surface area contributed by atoms with Crippen LogP contribution >= 0.6 is 23.2 Å². The van der Waals surface area contributed by atoms with Crippen molar-refractivity contribution in [3.63, 3.8) is 0 Å². The topological polar surface area (TPSA) is 146 Å². The lowest BCUT2D eigenvalue weighted by molar-refractivity contribution is -0.317. The molecule has 10 nitrogen and oxygen atoms in total. The van der Waals surface area contributed by atoms with E-state index in [1.807, 2.05) is 20.8 Å². The van der Waals surface area contributed by atoms with Crippen molar-refractivity contribution in [3.8, 4) is 0 Å². The van der Waals surface area contributed by atoms with E-state index in [0.717, 1.165) is 32.1 Å². The number of Topliss-reactive ketones (excluding diaryl/α,β-unsaturated/α-hetero) is 1. The van der Waals surface area contributed by atoms with Crippen molar-refractivity contribution in [2.75, 3.05) is 7.11 Å². The van der Waals surface area contributed by atoms with Crippen LogP contribution in [0.15, 0.2) is 0 Å². The van der Waals surface area contributed by atoms with E-state index in [-0.39, 0.29) is 51.6 Å². The summed E-state index contributed by atoms with van der Waals surface area (Å²) in [4.78, 5) is 43.3. The lowest BCUT2D eigenvalue weighted by Gasteiger charge is -2.59. The molecule has 0 amide bonds. The van der Waals surface area contributed by atoms with E-state index < -0.39 is 23.4 Å². The van der Waals surface area contributed by atoms with Gasteiger partial charge in [-0.15, -0.1) is 0 Å². The van der Waals surface area contributed by atoms with Crippen molar-refractivity contribution in [1.82, 2.24) is 0 Å². The molecule has 4 aliphatic heterocycles. The lowest BCUT2D eigenvalue weighted by atomic mass is 9.65. The summed E-state index contributed by atoms with van der Waals surface area (Å²) in [6, 6.07) is 0. The van der Waals surface area contributed by atoms with Gasteiger partial charge in [-0.2, -0.15) is 0 Å². The zero-order valence-corrected chi connectivity index (χ0v) is 30.4. The van der Waals surface area contributed by atoms with Crippen molar-refractivity contribution in [1.29, 1.82) is 0 Å². The predicted molar refractivity (Wildman–Crippen MR) is 175 cm³/mol. The van der Waals surface area contributed by atoms with Crippen LogP contribution in [-0.4, -0.2) is 86.4 Å². The Bertz CT molecular complexity index is 1030. The summed E-state index contributed by atoms with van der Waals surface area (Å²) in [7, 11) is 1.69. The lowest BCUT2D eigenvalue weighted by Crippen LogP contribution is -2.69. The van der Waals surface area contributed by atoms with Crippen LogP contribution in [0.25, 0.3) is 0 Å². The number of carbonyl (C=O) groups excluding carboxylic acids is 4. The fraction of sp³-hybridized carbons (Fsp3) is 0.882. The third-order valence-electron chi connectivity index (χ3n) is 10.3. The summed E-state index contributed by atoms with van der Waals surface area (Å²) in [6.45, 7) is 13.6. The van der Waals surface area contributed by atoms with Crippen LogP contribution in [-0.2, 0) is 38.1 Å². The van der Waals surface area contributed by atoms with E-state index in [1.54, 1.807) is 21.0 Å². The molecule has 266 valence electrons. The minimum atomic E-state index is -0.752. The molecule has 4 saturated heterocycles. The molecule has 6 aliphatic rings. The summed E-state index contributed by atoms with van der Waals surface area (Å²) < 4.78 is 23.4. The van der Waals surface area contributed by atoms with Crippen molar-refractivity contribution in [3.05, 3.63) is 0 Å². The maximum atomic E-state index is 12.1. The molecule has 4 bridgehead atoms. The van der Waals surface area contributed by atoms with E-state index >= 15 is 0 Å². The maximum Gasteiger partial charge on any atom is 0.306 e. The summed E-state index contributed by atoms with van der Waals surface area (Å²) in [5, 5.41) is 18.8. The minimum absolute atomic E-state index is 0.0511. The Labute approximate surface area is 284 Å². The molecule has 4 heterocycles. The van der Waals surface area contributed by atoms with Crippen LogP contribution < -0.4 is 0 Å². The first-order valence-corrected chi connectivity index (χ1v) is 17.3. The molecule has 46 heavy (non-hydrogen) atoms. The maximum absolute atomic E-state index is 12.1. The van der Waals surface area contributed by atoms with E-state index in [4.69, 9.17) is 42.1 Å². The van der Waals surface area contributed by atoms with Crippen molar-refractivity contribution >= 4 is 45.4 Å². The predicted octanol–water partition coefficient (Wildman–Crippen LogP) is 5.80. The molecule has 2 aliphatic carbocycles. The molecule has 2 N–H and O–H groups in total. The molecule has 6 atom stereocenters. The molecule has 0 aromatic rings. The molecule has 0 radical (unpaired) electrons. The summed E-state index contributed by atoms with van der Waals surface area (Å²) in [5.74, 6) is 0.557. The average molecular weight is 696 g/mol. The quantitative estimate of drug-likeness (QED) is 0.146. The van der Waals surface area contributed by atoms with Gasteiger partial charge in [-0.3, -0.25) is 14.4 Å². The Kier molecular flexibility index (Phi) is 15.2. The van der Waals surface area contributed by atoms with Crippen molar-refractivity contribution < 1.29 is 48.3 Å². The fourth-order valence-corrected chi connectivity index (χ4v) is 7.47. The standard InChI is InChI=1S/C18H30O5.C10H18O3.C6H8Cl2O2/c1-12(19)8-6-7-9-16(20)22-15-11-13-10-14(21-5)18(15,4)23-17(13,2)3;1-9(2)6-4-7(11)10(3,13-9)8(12)5-6;7-5(9)3-1-2-4-6(8)10/h13-15H,6-11H2,1-5H3;6-8,11-12H,4-5H2,1-3H3;1-4H2. The summed E-state index contributed by atoms with van der Waals surface area (Å²) in [5.41, 5.74) is -1.76. The van der Waals surface area contributed by atoms with Gasteiger partial charge in [-0.1, -0.05) is 0 Å². The van der Waals surface area contributed by atoms with Gasteiger partial charge in [0.25, 0.3) is 0 Å². The second-order valence-corrected chi connectivity index (χ2v) is 15.5. The Balaban J connectivity index is 0.000000269. The Morgan fingerprint density at radius 2 is 1.09 bits per heavy atom. The molecular formula is C34H56Cl2O10. The number of methoxy groups -OCH3 is 1. The molecule has 6 unspecified atom stereocenters. The first kappa shape index (κ1) is 41.0. The van der Waals surface area contributed by atoms with Crippen LogP contribution in [0.5, 0.6) is 0 Å². The number of esters is 1. The number of carbonyl (C=O) groups is 4. The zero-order valence-electron chi connectivity index (χ0n) is 28.9. The third kappa shape index (κ3) is 10.9. The SMILES string of the molecule is CC1(C)OC2(C)C(O)CC1CC2O.COC1CC2CC(OC(=O)CCCCC(C)=O)C1(C)OC2(C)C.O=C(Cl)CCCCC(=O)Cl. The van der Waals surface area contributed by atoms with Gasteiger partial charge in [0, 0.05) is 32.8 Å². The summed E-state index contributed by atoms with van der Waals surface area (Å²) >= 11 is 10.1. The second-order valence-electron chi connectivity index (χ2n) is 14.7. The van der Waals surface area contributed by atoms with Crippen LogP contribution in [0.3, 0.4) is 0 Å². The Morgan fingerprint density at radius 3 is 1.52 bits per heavy atom. The minimum Gasteiger partial charge on any atom is -0.459 e. The van der Waals surface area contributed by atoms with Gasteiger partial charge in [0.2, 0.25) is 10.5 Å². The first-order chi connectivity index (χ1) is 21.2. The number of ketones is 1. The van der Waals surface area contributed by atoms with Crippen LogP contribution in [0.1, 0.15) is 126 Å². The number of hydrogen-bond acceptors (Lipinski definition) is 10. The average Bonchev–Trinajstić information content (AvgIpc) is 2.91. The fourth-order valence-electron chi connectivity index (χ4n) is 7.20. The molecular weight excluding hydrogens is 639 g/mol. The smallest absolute Gasteiger partial charge is 0.306 e. The van der Waals surface area contributed by atoms with E-state index in [9.17, 15) is 29.4 Å². The number of hydrogen-bond donors (Lipinski definition) is 2. The zero-order chi connectivity index (χ0) is 35.1. The first-order valence-electron chi connectivity index (χ1n) is 16.5. The molecule has 0 aromatic carbocycles. The third-order valence-corrected chi connectivity index (χ3v) is 10.6. The largest absolute Gasteiger partial charge is 0.459 e. The number of aliphatic hydroxyl groups is 2. The van der Waals surface area contributed by atoms with Gasteiger partial charge >= 0.3 is 5.97 Å². The molecule has 0 aromatic heterocycles. The van der Waals surface area contributed by atoms with Gasteiger partial charge in [0.15, 0.2) is 0 Å². The number of aliphatic hydroxyl groups excluding tert-OH is 2. The van der Waals surface area contributed by atoms with Gasteiger partial charge in [0.05, 0.1) is 29.5 Å². The van der Waals surface area contributed by atoms with E-state index in [2.05, 4.69) is 13.8 Å². The number of fused-ring (bicyclic) bond motifs is 6. The van der Waals surface area contributed by atoms with Gasteiger partial charge < -0.3 is 34.0 Å². The Morgan fingerprint density at radius 1 is 0.674 bits per heavy atom. The van der Waals surface area contributed by atoms with Crippen LogP contribution in [0.2, 0.25) is 0 Å². The highest BCUT2D eigenvalue weighted by Gasteiger charge is 2.61. The monoisotopic (exact) mass is 694 g/mol. The van der Waals surface area contributed by atoms with Gasteiger partial charge in [0.1, 0.15) is 23.1 Å². The summed E-state index contributed by atoms with van der Waals surface area (Å²) in [6.07, 6.45) is 6.14. The molecule has 6 rings (SSSR count).